The Morgan fingerprint density at radius 2 is 2.00 bits per heavy atom. The van der Waals surface area contributed by atoms with Crippen molar-refractivity contribution in [3.8, 4) is 5.75 Å². The van der Waals surface area contributed by atoms with Crippen LogP contribution in [0.15, 0.2) is 41.5 Å². The molecule has 0 unspecified atom stereocenters. The summed E-state index contributed by atoms with van der Waals surface area (Å²) < 4.78 is 6.57. The van der Waals surface area contributed by atoms with Crippen LogP contribution in [-0.4, -0.2) is 29.1 Å². The topological polar surface area (TPSA) is 73.2 Å². The fourth-order valence-electron chi connectivity index (χ4n) is 2.08. The average Bonchev–Trinajstić information content (AvgIpc) is 2.60. The first-order valence-electron chi connectivity index (χ1n) is 7.64. The van der Waals surface area contributed by atoms with E-state index >= 15 is 0 Å². The minimum atomic E-state index is -0.212. The highest BCUT2D eigenvalue weighted by Gasteiger charge is 2.03. The maximum Gasteiger partial charge on any atom is 0.256 e. The van der Waals surface area contributed by atoms with E-state index in [-0.39, 0.29) is 11.5 Å². The number of nitrogens with zero attached hydrogens (tertiary/aromatic N) is 2. The third kappa shape index (κ3) is 4.55. The molecule has 0 aliphatic carbocycles. The van der Waals surface area contributed by atoms with Crippen molar-refractivity contribution in [1.29, 1.82) is 0 Å². The van der Waals surface area contributed by atoms with Crippen molar-refractivity contribution in [2.45, 2.75) is 20.4 Å². The minimum Gasteiger partial charge on any atom is -0.497 e. The molecule has 1 amide bonds. The lowest BCUT2D eigenvalue weighted by molar-refractivity contribution is -0.116. The second kappa shape index (κ2) is 8.10. The number of aromatic nitrogens is 2. The Kier molecular flexibility index (Phi) is 5.89. The Hall–Kier alpha value is -2.89. The molecule has 1 heterocycles. The van der Waals surface area contributed by atoms with Gasteiger partial charge in [0.2, 0.25) is 5.91 Å². The van der Waals surface area contributed by atoms with E-state index in [0.29, 0.717) is 18.7 Å². The summed E-state index contributed by atoms with van der Waals surface area (Å²) in [6.07, 6.45) is 4.69. The fourth-order valence-corrected chi connectivity index (χ4v) is 2.08. The standard InChI is InChI=1S/C18H21N3O3/c1-13-14(2)20-12-21(18(13)23)11-10-19-17(22)9-6-15-4-7-16(24-3)8-5-15/h4-9,12H,10-11H2,1-3H3,(H,19,22)/b9-6+. The van der Waals surface area contributed by atoms with Crippen molar-refractivity contribution >= 4 is 12.0 Å². The molecule has 6 heteroatoms. The number of hydrogen-bond donors (Lipinski definition) is 1. The number of carbonyl (C=O) groups is 1. The van der Waals surface area contributed by atoms with Gasteiger partial charge >= 0.3 is 0 Å². The number of methoxy groups -OCH3 is 1. The van der Waals surface area contributed by atoms with Gasteiger partial charge < -0.3 is 10.1 Å². The smallest absolute Gasteiger partial charge is 0.256 e. The molecule has 0 bridgehead atoms. The van der Waals surface area contributed by atoms with Crippen LogP contribution in [-0.2, 0) is 11.3 Å². The van der Waals surface area contributed by atoms with Crippen molar-refractivity contribution in [3.63, 3.8) is 0 Å². The summed E-state index contributed by atoms with van der Waals surface area (Å²) in [5.74, 6) is 0.555. The summed E-state index contributed by atoms with van der Waals surface area (Å²) >= 11 is 0. The average molecular weight is 327 g/mol. The molecular weight excluding hydrogens is 306 g/mol. The van der Waals surface area contributed by atoms with Crippen molar-refractivity contribution in [1.82, 2.24) is 14.9 Å². The molecule has 0 fully saturated rings. The first kappa shape index (κ1) is 17.5. The summed E-state index contributed by atoms with van der Waals surface area (Å²) in [5, 5.41) is 2.75. The third-order valence-electron chi connectivity index (χ3n) is 3.71. The van der Waals surface area contributed by atoms with Crippen molar-refractivity contribution in [3.05, 3.63) is 63.8 Å². The molecule has 2 rings (SSSR count). The Morgan fingerprint density at radius 3 is 2.67 bits per heavy atom. The second-order valence-electron chi connectivity index (χ2n) is 5.35. The van der Waals surface area contributed by atoms with Gasteiger partial charge in [0, 0.05) is 30.4 Å². The predicted octanol–water partition coefficient (Wildman–Crippen LogP) is 1.70. The van der Waals surface area contributed by atoms with Crippen LogP contribution in [0.25, 0.3) is 6.08 Å². The summed E-state index contributed by atoms with van der Waals surface area (Å²) in [5.41, 5.74) is 2.18. The lowest BCUT2D eigenvalue weighted by Gasteiger charge is -2.07. The minimum absolute atomic E-state index is 0.0782. The number of carbonyl (C=O) groups excluding carboxylic acids is 1. The predicted molar refractivity (Wildman–Crippen MR) is 93.0 cm³/mol. The summed E-state index contributed by atoms with van der Waals surface area (Å²) in [6, 6.07) is 7.39. The van der Waals surface area contributed by atoms with Gasteiger partial charge in [-0.2, -0.15) is 0 Å². The van der Waals surface area contributed by atoms with Gasteiger partial charge in [-0.05, 0) is 37.6 Å². The van der Waals surface area contributed by atoms with Gasteiger partial charge in [0.25, 0.3) is 5.56 Å². The van der Waals surface area contributed by atoms with E-state index in [4.69, 9.17) is 4.74 Å². The molecule has 0 saturated carbocycles. The maximum absolute atomic E-state index is 12.0. The highest BCUT2D eigenvalue weighted by atomic mass is 16.5. The van der Waals surface area contributed by atoms with Crippen molar-refractivity contribution < 1.29 is 9.53 Å². The molecule has 1 N–H and O–H groups in total. The van der Waals surface area contributed by atoms with Crippen molar-refractivity contribution in [2.75, 3.05) is 13.7 Å². The molecule has 0 aliphatic rings. The molecule has 1 aromatic carbocycles. The van der Waals surface area contributed by atoms with Gasteiger partial charge in [-0.1, -0.05) is 12.1 Å². The van der Waals surface area contributed by atoms with E-state index < -0.39 is 0 Å². The van der Waals surface area contributed by atoms with E-state index in [1.165, 1.54) is 17.0 Å². The first-order chi connectivity index (χ1) is 11.5. The Balaban J connectivity index is 1.86. The van der Waals surface area contributed by atoms with Gasteiger partial charge in [0.1, 0.15) is 5.75 Å². The molecule has 24 heavy (non-hydrogen) atoms. The van der Waals surface area contributed by atoms with Crippen LogP contribution < -0.4 is 15.6 Å². The van der Waals surface area contributed by atoms with Crippen LogP contribution in [0.2, 0.25) is 0 Å². The van der Waals surface area contributed by atoms with E-state index in [9.17, 15) is 9.59 Å². The quantitative estimate of drug-likeness (QED) is 0.820. The molecule has 2 aromatic rings. The maximum atomic E-state index is 12.0. The lowest BCUT2D eigenvalue weighted by Crippen LogP contribution is -2.31. The first-order valence-corrected chi connectivity index (χ1v) is 7.64. The number of benzene rings is 1. The number of hydrogen-bond acceptors (Lipinski definition) is 4. The normalized spacial score (nSPS) is 10.8. The molecule has 126 valence electrons. The van der Waals surface area contributed by atoms with Crippen LogP contribution in [0.1, 0.15) is 16.8 Å². The summed E-state index contributed by atoms with van der Waals surface area (Å²) in [6.45, 7) is 4.29. The highest BCUT2D eigenvalue weighted by Crippen LogP contribution is 2.12. The number of ether oxygens (including phenoxy) is 1. The molecule has 0 atom stereocenters. The van der Waals surface area contributed by atoms with Gasteiger partial charge in [-0.25, -0.2) is 4.98 Å². The Labute approximate surface area is 140 Å². The second-order valence-corrected chi connectivity index (χ2v) is 5.35. The monoisotopic (exact) mass is 327 g/mol. The Bertz CT molecular complexity index is 792. The fraction of sp³-hybridized carbons (Fsp3) is 0.278. The third-order valence-corrected chi connectivity index (χ3v) is 3.71. The highest BCUT2D eigenvalue weighted by molar-refractivity contribution is 5.91. The van der Waals surface area contributed by atoms with Gasteiger partial charge in [0.15, 0.2) is 0 Å². The van der Waals surface area contributed by atoms with Crippen LogP contribution in [0, 0.1) is 13.8 Å². The van der Waals surface area contributed by atoms with Crippen LogP contribution >= 0.6 is 0 Å². The van der Waals surface area contributed by atoms with Crippen LogP contribution in [0.3, 0.4) is 0 Å². The molecule has 0 radical (unpaired) electrons. The number of aryl methyl sites for hydroxylation is 1. The summed E-state index contributed by atoms with van der Waals surface area (Å²) in [4.78, 5) is 28.0. The number of amides is 1. The number of rotatable bonds is 6. The van der Waals surface area contributed by atoms with Crippen LogP contribution in [0.4, 0.5) is 0 Å². The zero-order valence-electron chi connectivity index (χ0n) is 14.1. The summed E-state index contributed by atoms with van der Waals surface area (Å²) in [7, 11) is 1.61. The molecular formula is C18H21N3O3. The zero-order chi connectivity index (χ0) is 17.5. The van der Waals surface area contributed by atoms with Gasteiger partial charge in [-0.15, -0.1) is 0 Å². The molecule has 0 aliphatic heterocycles. The van der Waals surface area contributed by atoms with E-state index in [0.717, 1.165) is 17.0 Å². The van der Waals surface area contributed by atoms with Crippen molar-refractivity contribution in [2.24, 2.45) is 0 Å². The lowest BCUT2D eigenvalue weighted by atomic mass is 10.2. The van der Waals surface area contributed by atoms with E-state index in [1.807, 2.05) is 24.3 Å². The Morgan fingerprint density at radius 1 is 1.29 bits per heavy atom. The van der Waals surface area contributed by atoms with E-state index in [2.05, 4.69) is 10.3 Å². The number of nitrogens with one attached hydrogen (secondary N) is 1. The largest absolute Gasteiger partial charge is 0.497 e. The molecule has 1 aromatic heterocycles. The molecule has 0 spiro atoms. The molecule has 0 saturated heterocycles. The van der Waals surface area contributed by atoms with E-state index in [1.54, 1.807) is 27.0 Å². The van der Waals surface area contributed by atoms with Gasteiger partial charge in [-0.3, -0.25) is 14.2 Å². The van der Waals surface area contributed by atoms with Gasteiger partial charge in [0.05, 0.1) is 13.4 Å². The molecule has 6 nitrogen and oxygen atoms in total. The van der Waals surface area contributed by atoms with Crippen LogP contribution in [0.5, 0.6) is 5.75 Å². The zero-order valence-corrected chi connectivity index (χ0v) is 14.1. The SMILES string of the molecule is COc1ccc(/C=C/C(=O)NCCn2cnc(C)c(C)c2=O)cc1.